The third kappa shape index (κ3) is 4.61. The Bertz CT molecular complexity index is 919. The Labute approximate surface area is 148 Å². The van der Waals surface area contributed by atoms with Gasteiger partial charge in [0.25, 0.3) is 0 Å². The lowest BCUT2D eigenvalue weighted by molar-refractivity contribution is 0.486. The Balaban J connectivity index is 1.65. The standard InChI is InChI=1S/C20H19NO3S/c1-16-7-13-20(14-8-16)25(22,23)24-19-11-9-18(10-12-19)21-15-17-5-3-2-4-6-17/h2-14,21H,15H2,1H3. The summed E-state index contributed by atoms with van der Waals surface area (Å²) in [5.74, 6) is 0.283. The van der Waals surface area contributed by atoms with Crippen molar-refractivity contribution in [1.29, 1.82) is 0 Å². The molecule has 3 aromatic rings. The van der Waals surface area contributed by atoms with Crippen molar-refractivity contribution in [3.8, 4) is 5.75 Å². The van der Waals surface area contributed by atoms with Gasteiger partial charge >= 0.3 is 10.1 Å². The second-order valence-electron chi connectivity index (χ2n) is 5.71. The normalized spacial score (nSPS) is 11.1. The summed E-state index contributed by atoms with van der Waals surface area (Å²) < 4.78 is 29.7. The van der Waals surface area contributed by atoms with Crippen LogP contribution in [-0.2, 0) is 16.7 Å². The van der Waals surface area contributed by atoms with Gasteiger partial charge in [-0.05, 0) is 48.9 Å². The molecule has 0 saturated carbocycles. The van der Waals surface area contributed by atoms with E-state index in [-0.39, 0.29) is 10.6 Å². The molecular weight excluding hydrogens is 334 g/mol. The summed E-state index contributed by atoms with van der Waals surface area (Å²) in [6.45, 7) is 2.60. The maximum Gasteiger partial charge on any atom is 0.339 e. The van der Waals surface area contributed by atoms with Crippen LogP contribution in [0.3, 0.4) is 0 Å². The zero-order valence-electron chi connectivity index (χ0n) is 13.8. The number of hydrogen-bond donors (Lipinski definition) is 1. The van der Waals surface area contributed by atoms with Crippen molar-refractivity contribution in [3.05, 3.63) is 90.0 Å². The highest BCUT2D eigenvalue weighted by Gasteiger charge is 2.16. The molecule has 1 N–H and O–H groups in total. The summed E-state index contributed by atoms with van der Waals surface area (Å²) >= 11 is 0. The molecule has 0 saturated heterocycles. The smallest absolute Gasteiger partial charge is 0.339 e. The van der Waals surface area contributed by atoms with Crippen LogP contribution >= 0.6 is 0 Å². The maximum absolute atomic E-state index is 12.3. The molecule has 0 aliphatic rings. The monoisotopic (exact) mass is 353 g/mol. The summed E-state index contributed by atoms with van der Waals surface area (Å²) in [5.41, 5.74) is 3.06. The fraction of sp³-hybridized carbons (Fsp3) is 0.100. The third-order valence-corrected chi connectivity index (χ3v) is 4.97. The SMILES string of the molecule is Cc1ccc(S(=O)(=O)Oc2ccc(NCc3ccccc3)cc2)cc1. The van der Waals surface area contributed by atoms with Gasteiger partial charge in [-0.3, -0.25) is 0 Å². The maximum atomic E-state index is 12.3. The molecule has 0 spiro atoms. The Morgan fingerprint density at radius 1 is 0.840 bits per heavy atom. The Morgan fingerprint density at radius 3 is 2.12 bits per heavy atom. The van der Waals surface area contributed by atoms with E-state index in [4.69, 9.17) is 4.18 Å². The molecule has 128 valence electrons. The zero-order chi connectivity index (χ0) is 17.7. The second-order valence-corrected chi connectivity index (χ2v) is 7.26. The largest absolute Gasteiger partial charge is 0.381 e. The first-order valence-corrected chi connectivity index (χ1v) is 9.33. The van der Waals surface area contributed by atoms with Crippen molar-refractivity contribution in [2.45, 2.75) is 18.4 Å². The number of anilines is 1. The van der Waals surface area contributed by atoms with Crippen LogP contribution in [0.2, 0.25) is 0 Å². The number of hydrogen-bond acceptors (Lipinski definition) is 4. The van der Waals surface area contributed by atoms with Gasteiger partial charge in [0.1, 0.15) is 10.6 Å². The van der Waals surface area contributed by atoms with Crippen molar-refractivity contribution in [2.75, 3.05) is 5.32 Å². The summed E-state index contributed by atoms with van der Waals surface area (Å²) in [5, 5.41) is 3.28. The lowest BCUT2D eigenvalue weighted by Gasteiger charge is -2.09. The molecule has 3 rings (SSSR count). The third-order valence-electron chi connectivity index (χ3n) is 3.71. The average Bonchev–Trinajstić information content (AvgIpc) is 2.62. The molecule has 0 fully saturated rings. The Morgan fingerprint density at radius 2 is 1.48 bits per heavy atom. The zero-order valence-corrected chi connectivity index (χ0v) is 14.7. The molecule has 0 bridgehead atoms. The van der Waals surface area contributed by atoms with E-state index >= 15 is 0 Å². The summed E-state index contributed by atoms with van der Waals surface area (Å²) in [4.78, 5) is 0.143. The number of nitrogens with one attached hydrogen (secondary N) is 1. The van der Waals surface area contributed by atoms with Crippen molar-refractivity contribution in [3.63, 3.8) is 0 Å². The minimum atomic E-state index is -3.82. The van der Waals surface area contributed by atoms with Crippen molar-refractivity contribution >= 4 is 15.8 Å². The van der Waals surface area contributed by atoms with Crippen LogP contribution in [0, 0.1) is 6.92 Å². The van der Waals surface area contributed by atoms with Crippen LogP contribution in [0.15, 0.2) is 83.8 Å². The Hall–Kier alpha value is -2.79. The first-order chi connectivity index (χ1) is 12.0. The predicted molar refractivity (Wildman–Crippen MR) is 99.2 cm³/mol. The molecular formula is C20H19NO3S. The van der Waals surface area contributed by atoms with Gasteiger partial charge < -0.3 is 9.50 Å². The van der Waals surface area contributed by atoms with Gasteiger partial charge in [-0.1, -0.05) is 48.0 Å². The van der Waals surface area contributed by atoms with Crippen LogP contribution in [0.5, 0.6) is 5.75 Å². The number of rotatable bonds is 6. The quantitative estimate of drug-likeness (QED) is 0.669. The van der Waals surface area contributed by atoms with Gasteiger partial charge in [0.2, 0.25) is 0 Å². The van der Waals surface area contributed by atoms with Crippen molar-refractivity contribution in [1.82, 2.24) is 0 Å². The minimum absolute atomic E-state index is 0.143. The topological polar surface area (TPSA) is 55.4 Å². The molecule has 25 heavy (non-hydrogen) atoms. The molecule has 0 aliphatic heterocycles. The van der Waals surface area contributed by atoms with Gasteiger partial charge in [0.15, 0.2) is 0 Å². The van der Waals surface area contributed by atoms with E-state index in [1.54, 1.807) is 48.5 Å². The first kappa shape index (κ1) is 17.0. The molecule has 0 amide bonds. The lowest BCUT2D eigenvalue weighted by atomic mass is 10.2. The molecule has 5 heteroatoms. The van der Waals surface area contributed by atoms with E-state index in [1.807, 2.05) is 37.3 Å². The van der Waals surface area contributed by atoms with E-state index in [2.05, 4.69) is 5.32 Å². The van der Waals surface area contributed by atoms with Crippen LogP contribution in [0.1, 0.15) is 11.1 Å². The van der Waals surface area contributed by atoms with Crippen LogP contribution in [0.25, 0.3) is 0 Å². The average molecular weight is 353 g/mol. The van der Waals surface area contributed by atoms with Gasteiger partial charge in [-0.25, -0.2) is 0 Å². The summed E-state index contributed by atoms with van der Waals surface area (Å²) in [6, 6.07) is 23.5. The van der Waals surface area contributed by atoms with Gasteiger partial charge in [-0.15, -0.1) is 0 Å². The van der Waals surface area contributed by atoms with Crippen LogP contribution < -0.4 is 9.50 Å². The predicted octanol–water partition coefficient (Wildman–Crippen LogP) is 4.37. The summed E-state index contributed by atoms with van der Waals surface area (Å²) in [6.07, 6.45) is 0. The second kappa shape index (κ2) is 7.40. The van der Waals surface area contributed by atoms with Gasteiger partial charge in [0, 0.05) is 12.2 Å². The lowest BCUT2D eigenvalue weighted by Crippen LogP contribution is -2.09. The van der Waals surface area contributed by atoms with E-state index < -0.39 is 10.1 Å². The number of benzene rings is 3. The van der Waals surface area contributed by atoms with E-state index in [0.717, 1.165) is 11.3 Å². The van der Waals surface area contributed by atoms with Crippen molar-refractivity contribution < 1.29 is 12.6 Å². The molecule has 0 atom stereocenters. The molecule has 0 aliphatic carbocycles. The van der Waals surface area contributed by atoms with E-state index in [9.17, 15) is 8.42 Å². The molecule has 4 nitrogen and oxygen atoms in total. The Kier molecular flexibility index (Phi) is 5.05. The van der Waals surface area contributed by atoms with E-state index in [1.165, 1.54) is 5.56 Å². The summed E-state index contributed by atoms with van der Waals surface area (Å²) in [7, 11) is -3.82. The van der Waals surface area contributed by atoms with Gasteiger partial charge in [-0.2, -0.15) is 8.42 Å². The molecule has 0 radical (unpaired) electrons. The van der Waals surface area contributed by atoms with Crippen LogP contribution in [0.4, 0.5) is 5.69 Å². The molecule has 3 aromatic carbocycles. The molecule has 0 heterocycles. The molecule has 0 unspecified atom stereocenters. The minimum Gasteiger partial charge on any atom is -0.381 e. The first-order valence-electron chi connectivity index (χ1n) is 7.92. The highest BCUT2D eigenvalue weighted by atomic mass is 32.2. The fourth-order valence-electron chi connectivity index (χ4n) is 2.31. The van der Waals surface area contributed by atoms with Crippen LogP contribution in [-0.4, -0.2) is 8.42 Å². The van der Waals surface area contributed by atoms with Crippen molar-refractivity contribution in [2.24, 2.45) is 0 Å². The van der Waals surface area contributed by atoms with E-state index in [0.29, 0.717) is 6.54 Å². The number of aryl methyl sites for hydroxylation is 1. The van der Waals surface area contributed by atoms with Gasteiger partial charge in [0.05, 0.1) is 0 Å². The highest BCUT2D eigenvalue weighted by molar-refractivity contribution is 7.87. The molecule has 0 aromatic heterocycles. The highest BCUT2D eigenvalue weighted by Crippen LogP contribution is 2.21. The fourth-order valence-corrected chi connectivity index (χ4v) is 3.24.